The summed E-state index contributed by atoms with van der Waals surface area (Å²) < 4.78 is 0. The molecule has 1 N–H and O–H groups in total. The van der Waals surface area contributed by atoms with Gasteiger partial charge in [-0.05, 0) is 45.4 Å². The lowest BCUT2D eigenvalue weighted by Crippen LogP contribution is -2.34. The van der Waals surface area contributed by atoms with E-state index in [1.54, 1.807) is 17.5 Å². The fraction of sp³-hybridized carbons (Fsp3) is 0.500. The van der Waals surface area contributed by atoms with Crippen LogP contribution >= 0.6 is 11.3 Å². The Kier molecular flexibility index (Phi) is 5.65. The van der Waals surface area contributed by atoms with E-state index in [0.717, 1.165) is 49.7 Å². The van der Waals surface area contributed by atoms with Crippen LogP contribution in [0.3, 0.4) is 0 Å². The number of aryl methyl sites for hydroxylation is 2. The van der Waals surface area contributed by atoms with Gasteiger partial charge in [-0.15, -0.1) is 11.3 Å². The molecule has 3 rings (SSSR count). The Bertz CT molecular complexity index is 732. The summed E-state index contributed by atoms with van der Waals surface area (Å²) in [5, 5.41) is 2.97. The standard InChI is InChI=1S/C18H25N5OS/c1-13-8-16(4-6-19-13)21-18(24)23-7-5-15(10-23)9-22(3)11-17-14(2)20-12-25-17/h4,6,8,12,15H,5,7,9-11H2,1-3H3,(H,19,21,24)/t15-/m1/s1. The summed E-state index contributed by atoms with van der Waals surface area (Å²) in [6.07, 6.45) is 2.77. The van der Waals surface area contributed by atoms with E-state index in [9.17, 15) is 4.79 Å². The number of carbonyl (C=O) groups is 1. The number of amides is 2. The molecule has 0 unspecified atom stereocenters. The highest BCUT2D eigenvalue weighted by Crippen LogP contribution is 2.21. The molecule has 6 nitrogen and oxygen atoms in total. The molecule has 1 aliphatic heterocycles. The van der Waals surface area contributed by atoms with Crippen LogP contribution in [0.25, 0.3) is 0 Å². The number of hydrogen-bond acceptors (Lipinski definition) is 5. The summed E-state index contributed by atoms with van der Waals surface area (Å²) in [4.78, 5) is 26.5. The van der Waals surface area contributed by atoms with Gasteiger partial charge in [0.15, 0.2) is 0 Å². The zero-order valence-electron chi connectivity index (χ0n) is 15.0. The van der Waals surface area contributed by atoms with Crippen LogP contribution in [0.5, 0.6) is 0 Å². The van der Waals surface area contributed by atoms with Gasteiger partial charge in [0.25, 0.3) is 0 Å². The first-order valence-corrected chi connectivity index (χ1v) is 9.45. The molecule has 0 bridgehead atoms. The Hall–Kier alpha value is -1.99. The lowest BCUT2D eigenvalue weighted by Gasteiger charge is -2.21. The molecule has 0 spiro atoms. The summed E-state index contributed by atoms with van der Waals surface area (Å²) in [6.45, 7) is 7.52. The number of nitrogens with zero attached hydrogens (tertiary/aromatic N) is 4. The van der Waals surface area contributed by atoms with Crippen LogP contribution in [0.1, 0.15) is 22.7 Å². The van der Waals surface area contributed by atoms with Gasteiger partial charge in [0.2, 0.25) is 0 Å². The number of carbonyl (C=O) groups excluding carboxylic acids is 1. The van der Waals surface area contributed by atoms with Crippen molar-refractivity contribution in [1.82, 2.24) is 19.8 Å². The molecule has 3 heterocycles. The van der Waals surface area contributed by atoms with Crippen LogP contribution in [-0.4, -0.2) is 52.5 Å². The van der Waals surface area contributed by atoms with Gasteiger partial charge < -0.3 is 15.1 Å². The van der Waals surface area contributed by atoms with Crippen molar-refractivity contribution in [1.29, 1.82) is 0 Å². The van der Waals surface area contributed by atoms with Crippen molar-refractivity contribution < 1.29 is 4.79 Å². The van der Waals surface area contributed by atoms with Gasteiger partial charge in [0, 0.05) is 48.6 Å². The molecule has 1 saturated heterocycles. The Morgan fingerprint density at radius 2 is 2.28 bits per heavy atom. The van der Waals surface area contributed by atoms with E-state index >= 15 is 0 Å². The smallest absolute Gasteiger partial charge is 0.321 e. The molecule has 7 heteroatoms. The molecule has 2 amide bonds. The van der Waals surface area contributed by atoms with E-state index in [2.05, 4.69) is 34.2 Å². The number of anilines is 1. The van der Waals surface area contributed by atoms with Crippen LogP contribution in [0.15, 0.2) is 23.8 Å². The maximum Gasteiger partial charge on any atom is 0.321 e. The molecule has 25 heavy (non-hydrogen) atoms. The van der Waals surface area contributed by atoms with Gasteiger partial charge in [-0.25, -0.2) is 9.78 Å². The molecule has 134 valence electrons. The summed E-state index contributed by atoms with van der Waals surface area (Å²) in [5.74, 6) is 0.517. The molecule has 2 aromatic heterocycles. The van der Waals surface area contributed by atoms with Gasteiger partial charge in [-0.3, -0.25) is 4.98 Å². The lowest BCUT2D eigenvalue weighted by atomic mass is 10.1. The summed E-state index contributed by atoms with van der Waals surface area (Å²) in [7, 11) is 2.14. The first-order chi connectivity index (χ1) is 12.0. The number of rotatable bonds is 5. The lowest BCUT2D eigenvalue weighted by molar-refractivity contribution is 0.217. The number of likely N-dealkylation sites (tertiary alicyclic amines) is 1. The quantitative estimate of drug-likeness (QED) is 0.891. The van der Waals surface area contributed by atoms with Crippen molar-refractivity contribution in [2.45, 2.75) is 26.8 Å². The molecule has 0 aliphatic carbocycles. The number of urea groups is 1. The van der Waals surface area contributed by atoms with E-state index in [1.807, 2.05) is 29.5 Å². The zero-order chi connectivity index (χ0) is 17.8. The van der Waals surface area contributed by atoms with Gasteiger partial charge in [0.1, 0.15) is 0 Å². The molecule has 1 atom stereocenters. The minimum atomic E-state index is -0.0194. The van der Waals surface area contributed by atoms with Gasteiger partial charge >= 0.3 is 6.03 Å². The van der Waals surface area contributed by atoms with E-state index in [-0.39, 0.29) is 6.03 Å². The monoisotopic (exact) mass is 359 g/mol. The molecule has 0 radical (unpaired) electrons. The number of hydrogen-bond donors (Lipinski definition) is 1. The highest BCUT2D eigenvalue weighted by atomic mass is 32.1. The summed E-state index contributed by atoms with van der Waals surface area (Å²) in [5.41, 5.74) is 4.73. The average molecular weight is 359 g/mol. The fourth-order valence-electron chi connectivity index (χ4n) is 3.22. The maximum atomic E-state index is 12.4. The maximum absolute atomic E-state index is 12.4. The van der Waals surface area contributed by atoms with Crippen LogP contribution in [-0.2, 0) is 6.54 Å². The molecular weight excluding hydrogens is 334 g/mol. The Labute approximate surface area is 152 Å². The van der Waals surface area contributed by atoms with Crippen LogP contribution in [0.4, 0.5) is 10.5 Å². The van der Waals surface area contributed by atoms with Crippen LogP contribution in [0, 0.1) is 19.8 Å². The van der Waals surface area contributed by atoms with Crippen molar-refractivity contribution in [3.63, 3.8) is 0 Å². The number of thiazole rings is 1. The minimum Gasteiger partial charge on any atom is -0.324 e. The predicted molar refractivity (Wildman–Crippen MR) is 101 cm³/mol. The third-order valence-corrected chi connectivity index (χ3v) is 5.47. The minimum absolute atomic E-state index is 0.0194. The van der Waals surface area contributed by atoms with Crippen LogP contribution < -0.4 is 5.32 Å². The first-order valence-electron chi connectivity index (χ1n) is 8.57. The van der Waals surface area contributed by atoms with Crippen molar-refractivity contribution >= 4 is 23.1 Å². The van der Waals surface area contributed by atoms with Gasteiger partial charge in [-0.2, -0.15) is 0 Å². The van der Waals surface area contributed by atoms with E-state index in [4.69, 9.17) is 0 Å². The average Bonchev–Trinajstić information content (AvgIpc) is 3.17. The SMILES string of the molecule is Cc1cc(NC(=O)N2CC[C@H](CN(C)Cc3scnc3C)C2)ccn1. The fourth-order valence-corrected chi connectivity index (χ4v) is 4.08. The Balaban J connectivity index is 1.48. The topological polar surface area (TPSA) is 61.4 Å². The van der Waals surface area contributed by atoms with Crippen molar-refractivity contribution in [2.24, 2.45) is 5.92 Å². The van der Waals surface area contributed by atoms with Gasteiger partial charge in [-0.1, -0.05) is 0 Å². The molecule has 0 saturated carbocycles. The number of pyridine rings is 1. The highest BCUT2D eigenvalue weighted by molar-refractivity contribution is 7.09. The zero-order valence-corrected chi connectivity index (χ0v) is 15.8. The van der Waals surface area contributed by atoms with Crippen molar-refractivity contribution in [3.8, 4) is 0 Å². The second-order valence-electron chi connectivity index (χ2n) is 6.77. The summed E-state index contributed by atoms with van der Waals surface area (Å²) in [6, 6.07) is 3.69. The third-order valence-electron chi connectivity index (χ3n) is 4.55. The second-order valence-corrected chi connectivity index (χ2v) is 7.71. The van der Waals surface area contributed by atoms with Crippen molar-refractivity contribution in [2.75, 3.05) is 32.0 Å². The molecule has 1 fully saturated rings. The molecule has 1 aliphatic rings. The Morgan fingerprint density at radius 1 is 1.44 bits per heavy atom. The number of nitrogens with one attached hydrogen (secondary N) is 1. The van der Waals surface area contributed by atoms with Crippen molar-refractivity contribution in [3.05, 3.63) is 40.1 Å². The van der Waals surface area contributed by atoms with E-state index in [0.29, 0.717) is 5.92 Å². The third kappa shape index (κ3) is 4.76. The van der Waals surface area contributed by atoms with E-state index in [1.165, 1.54) is 4.88 Å². The molecular formula is C18H25N5OS. The first kappa shape index (κ1) is 17.8. The molecule has 2 aromatic rings. The largest absolute Gasteiger partial charge is 0.324 e. The predicted octanol–water partition coefficient (Wildman–Crippen LogP) is 3.14. The summed E-state index contributed by atoms with van der Waals surface area (Å²) >= 11 is 1.71. The number of aromatic nitrogens is 2. The normalized spacial score (nSPS) is 17.3. The molecule has 0 aromatic carbocycles. The Morgan fingerprint density at radius 3 is 3.00 bits per heavy atom. The second kappa shape index (κ2) is 7.93. The van der Waals surface area contributed by atoms with Crippen LogP contribution in [0.2, 0.25) is 0 Å². The highest BCUT2D eigenvalue weighted by Gasteiger charge is 2.27. The van der Waals surface area contributed by atoms with Gasteiger partial charge in [0.05, 0.1) is 11.2 Å². The van der Waals surface area contributed by atoms with E-state index < -0.39 is 0 Å².